The molecule has 104 valence electrons. The Morgan fingerprint density at radius 3 is 2.53 bits per heavy atom. The van der Waals surface area contributed by atoms with E-state index in [1.165, 1.54) is 20.0 Å². The third-order valence-corrected chi connectivity index (χ3v) is 3.72. The molecule has 0 bridgehead atoms. The minimum Gasteiger partial charge on any atom is -0.465 e. The number of rotatable bonds is 4. The van der Waals surface area contributed by atoms with Gasteiger partial charge in [-0.2, -0.15) is 0 Å². The van der Waals surface area contributed by atoms with Gasteiger partial charge in [0.2, 0.25) is 0 Å². The fraction of sp³-hybridized carbons (Fsp3) is 0.533. The number of hydrogen-bond donors (Lipinski definition) is 1. The van der Waals surface area contributed by atoms with Crippen LogP contribution < -0.4 is 10.2 Å². The monoisotopic (exact) mass is 262 g/mol. The van der Waals surface area contributed by atoms with Crippen LogP contribution in [-0.4, -0.2) is 39.8 Å². The molecule has 4 nitrogen and oxygen atoms in total. The van der Waals surface area contributed by atoms with Gasteiger partial charge in [-0.15, -0.1) is 0 Å². The predicted octanol–water partition coefficient (Wildman–Crippen LogP) is 1.91. The van der Waals surface area contributed by atoms with Gasteiger partial charge >= 0.3 is 5.97 Å². The van der Waals surface area contributed by atoms with Crippen LogP contribution in [-0.2, 0) is 4.74 Å². The van der Waals surface area contributed by atoms with E-state index in [1.54, 1.807) is 0 Å². The van der Waals surface area contributed by atoms with Crippen molar-refractivity contribution in [3.8, 4) is 0 Å². The van der Waals surface area contributed by atoms with E-state index >= 15 is 0 Å². The van der Waals surface area contributed by atoms with Gasteiger partial charge < -0.3 is 15.0 Å². The van der Waals surface area contributed by atoms with Crippen LogP contribution in [0.3, 0.4) is 0 Å². The van der Waals surface area contributed by atoms with Gasteiger partial charge in [0.1, 0.15) is 0 Å². The first-order valence-electron chi connectivity index (χ1n) is 6.81. The molecule has 1 aliphatic rings. The molecular weight excluding hydrogens is 240 g/mol. The van der Waals surface area contributed by atoms with Crippen molar-refractivity contribution in [1.82, 2.24) is 5.32 Å². The summed E-state index contributed by atoms with van der Waals surface area (Å²) in [5, 5.41) is 3.38. The van der Waals surface area contributed by atoms with Crippen LogP contribution >= 0.6 is 0 Å². The second kappa shape index (κ2) is 6.57. The second-order valence-electron chi connectivity index (χ2n) is 5.11. The Morgan fingerprint density at radius 2 is 1.95 bits per heavy atom. The van der Waals surface area contributed by atoms with Crippen LogP contribution in [0.2, 0.25) is 0 Å². The number of hydrogen-bond acceptors (Lipinski definition) is 4. The molecular formula is C15H22N2O2. The highest BCUT2D eigenvalue weighted by Crippen LogP contribution is 2.19. The van der Waals surface area contributed by atoms with Gasteiger partial charge in [-0.05, 0) is 56.1 Å². The van der Waals surface area contributed by atoms with Gasteiger partial charge in [0, 0.05) is 19.3 Å². The zero-order chi connectivity index (χ0) is 13.7. The van der Waals surface area contributed by atoms with Gasteiger partial charge in [0.05, 0.1) is 12.7 Å². The van der Waals surface area contributed by atoms with Crippen molar-refractivity contribution >= 4 is 11.7 Å². The average molecular weight is 262 g/mol. The summed E-state index contributed by atoms with van der Waals surface area (Å²) in [6.45, 7) is 3.32. The Bertz CT molecular complexity index is 411. The van der Waals surface area contributed by atoms with E-state index < -0.39 is 0 Å². The predicted molar refractivity (Wildman–Crippen MR) is 76.6 cm³/mol. The maximum absolute atomic E-state index is 11.4. The van der Waals surface area contributed by atoms with Crippen molar-refractivity contribution < 1.29 is 9.53 Å². The van der Waals surface area contributed by atoms with Crippen molar-refractivity contribution in [3.05, 3.63) is 29.8 Å². The summed E-state index contributed by atoms with van der Waals surface area (Å²) >= 11 is 0. The summed E-state index contributed by atoms with van der Waals surface area (Å²) < 4.78 is 4.70. The van der Waals surface area contributed by atoms with Crippen LogP contribution in [0.4, 0.5) is 5.69 Å². The number of benzene rings is 1. The molecule has 0 aromatic heterocycles. The normalized spacial score (nSPS) is 16.1. The lowest BCUT2D eigenvalue weighted by Crippen LogP contribution is -2.34. The fourth-order valence-electron chi connectivity index (χ4n) is 2.53. The Kier molecular flexibility index (Phi) is 4.80. The van der Waals surface area contributed by atoms with Crippen LogP contribution in [0.25, 0.3) is 0 Å². The zero-order valence-electron chi connectivity index (χ0n) is 11.7. The standard InChI is InChI=1S/C15H22N2O2/c1-17(11-12-7-9-16-10-8-12)14-5-3-13(4-6-14)15(18)19-2/h3-6,12,16H,7-11H2,1-2H3. The fourth-order valence-corrected chi connectivity index (χ4v) is 2.53. The molecule has 0 amide bonds. The molecule has 1 N–H and O–H groups in total. The van der Waals surface area contributed by atoms with Gasteiger partial charge in [-0.3, -0.25) is 0 Å². The summed E-state index contributed by atoms with van der Waals surface area (Å²) in [4.78, 5) is 13.6. The van der Waals surface area contributed by atoms with Crippen molar-refractivity contribution in [2.24, 2.45) is 5.92 Å². The number of anilines is 1. The summed E-state index contributed by atoms with van der Waals surface area (Å²) in [6.07, 6.45) is 2.48. The number of carbonyl (C=O) groups excluding carboxylic acids is 1. The maximum atomic E-state index is 11.4. The van der Waals surface area contributed by atoms with E-state index in [1.807, 2.05) is 24.3 Å². The van der Waals surface area contributed by atoms with Gasteiger partial charge in [-0.25, -0.2) is 4.79 Å². The minimum atomic E-state index is -0.285. The van der Waals surface area contributed by atoms with E-state index in [2.05, 4.69) is 17.3 Å². The molecule has 0 aliphatic carbocycles. The van der Waals surface area contributed by atoms with E-state index in [0.717, 1.165) is 31.2 Å². The van der Waals surface area contributed by atoms with Gasteiger partial charge in [0.25, 0.3) is 0 Å². The van der Waals surface area contributed by atoms with E-state index in [9.17, 15) is 4.79 Å². The highest BCUT2D eigenvalue weighted by molar-refractivity contribution is 5.89. The zero-order valence-corrected chi connectivity index (χ0v) is 11.7. The topological polar surface area (TPSA) is 41.6 Å². The smallest absolute Gasteiger partial charge is 0.337 e. The number of methoxy groups -OCH3 is 1. The largest absolute Gasteiger partial charge is 0.465 e. The molecule has 0 atom stereocenters. The van der Waals surface area contributed by atoms with Gasteiger partial charge in [-0.1, -0.05) is 0 Å². The molecule has 0 unspecified atom stereocenters. The van der Waals surface area contributed by atoms with Crippen LogP contribution in [0.5, 0.6) is 0 Å². The van der Waals surface area contributed by atoms with Crippen LogP contribution in [0.15, 0.2) is 24.3 Å². The Hall–Kier alpha value is -1.55. The van der Waals surface area contributed by atoms with E-state index in [-0.39, 0.29) is 5.97 Å². The summed E-state index contributed by atoms with van der Waals surface area (Å²) in [5.41, 5.74) is 1.74. The van der Waals surface area contributed by atoms with Crippen LogP contribution in [0, 0.1) is 5.92 Å². The molecule has 19 heavy (non-hydrogen) atoms. The van der Waals surface area contributed by atoms with E-state index in [4.69, 9.17) is 4.74 Å². The molecule has 0 radical (unpaired) electrons. The molecule has 1 fully saturated rings. The van der Waals surface area contributed by atoms with Crippen molar-refractivity contribution in [2.45, 2.75) is 12.8 Å². The molecule has 1 heterocycles. The minimum absolute atomic E-state index is 0.285. The highest BCUT2D eigenvalue weighted by atomic mass is 16.5. The summed E-state index contributed by atoms with van der Waals surface area (Å²) in [6, 6.07) is 7.60. The molecule has 1 aliphatic heterocycles. The number of nitrogens with one attached hydrogen (secondary N) is 1. The summed E-state index contributed by atoms with van der Waals surface area (Å²) in [5.74, 6) is 0.471. The van der Waals surface area contributed by atoms with Gasteiger partial charge in [0.15, 0.2) is 0 Å². The Morgan fingerprint density at radius 1 is 1.32 bits per heavy atom. The average Bonchev–Trinajstić information content (AvgIpc) is 2.47. The Balaban J connectivity index is 1.94. The molecule has 1 aromatic carbocycles. The third-order valence-electron chi connectivity index (χ3n) is 3.72. The number of carbonyl (C=O) groups is 1. The second-order valence-corrected chi connectivity index (χ2v) is 5.11. The van der Waals surface area contributed by atoms with E-state index in [0.29, 0.717) is 5.56 Å². The lowest BCUT2D eigenvalue weighted by molar-refractivity contribution is 0.0601. The first-order valence-corrected chi connectivity index (χ1v) is 6.81. The lowest BCUT2D eigenvalue weighted by atomic mass is 9.97. The molecule has 2 rings (SSSR count). The first kappa shape index (κ1) is 13.9. The number of piperidine rings is 1. The van der Waals surface area contributed by atoms with Crippen molar-refractivity contribution in [3.63, 3.8) is 0 Å². The summed E-state index contributed by atoms with van der Waals surface area (Å²) in [7, 11) is 3.51. The quantitative estimate of drug-likeness (QED) is 0.842. The molecule has 0 saturated carbocycles. The number of nitrogens with zero attached hydrogens (tertiary/aromatic N) is 1. The highest BCUT2D eigenvalue weighted by Gasteiger charge is 2.15. The molecule has 0 spiro atoms. The SMILES string of the molecule is COC(=O)c1ccc(N(C)CC2CCNCC2)cc1. The number of ether oxygens (including phenoxy) is 1. The third kappa shape index (κ3) is 3.70. The van der Waals surface area contributed by atoms with Crippen molar-refractivity contribution in [2.75, 3.05) is 38.7 Å². The molecule has 4 heteroatoms. The molecule has 1 aromatic rings. The van der Waals surface area contributed by atoms with Crippen molar-refractivity contribution in [1.29, 1.82) is 0 Å². The lowest BCUT2D eigenvalue weighted by Gasteiger charge is -2.28. The Labute approximate surface area is 114 Å². The number of esters is 1. The first-order chi connectivity index (χ1) is 9.20. The molecule has 1 saturated heterocycles. The maximum Gasteiger partial charge on any atom is 0.337 e. The van der Waals surface area contributed by atoms with Crippen LogP contribution in [0.1, 0.15) is 23.2 Å².